The number of rotatable bonds is 3. The molecule has 1 aromatic carbocycles. The molecule has 0 saturated carbocycles. The van der Waals surface area contributed by atoms with E-state index in [0.717, 1.165) is 17.1 Å². The molecule has 1 saturated heterocycles. The van der Waals surface area contributed by atoms with Crippen LogP contribution in [0.1, 0.15) is 12.3 Å². The third kappa shape index (κ3) is 2.33. The lowest BCUT2D eigenvalue weighted by Crippen LogP contribution is -2.25. The number of aromatic nitrogens is 2. The van der Waals surface area contributed by atoms with Crippen molar-refractivity contribution in [3.05, 3.63) is 30.2 Å². The number of thioether (sulfide) groups is 1. The van der Waals surface area contributed by atoms with Gasteiger partial charge < -0.3 is 14.4 Å². The molecule has 0 unspecified atom stereocenters. The third-order valence-electron chi connectivity index (χ3n) is 3.17. The van der Waals surface area contributed by atoms with Crippen LogP contribution in [0.3, 0.4) is 0 Å². The molecule has 2 aromatic rings. The van der Waals surface area contributed by atoms with Gasteiger partial charge >= 0.3 is 0 Å². The maximum atomic E-state index is 10.4. The highest BCUT2D eigenvalue weighted by Crippen LogP contribution is 2.36. The maximum absolute atomic E-state index is 10.4. The van der Waals surface area contributed by atoms with E-state index in [1.165, 1.54) is 0 Å². The Bertz CT molecular complexity index is 562. The monoisotopic (exact) mass is 278 g/mol. The van der Waals surface area contributed by atoms with Gasteiger partial charge in [0, 0.05) is 11.3 Å². The Morgan fingerprint density at radius 3 is 2.79 bits per heavy atom. The maximum Gasteiger partial charge on any atom is 0.259 e. The fourth-order valence-electron chi connectivity index (χ4n) is 1.99. The van der Waals surface area contributed by atoms with Gasteiger partial charge in [-0.25, -0.2) is 0 Å². The van der Waals surface area contributed by atoms with Crippen molar-refractivity contribution in [2.75, 3.05) is 18.6 Å². The van der Waals surface area contributed by atoms with Gasteiger partial charge in [-0.05, 0) is 36.4 Å². The Morgan fingerprint density at radius 2 is 2.16 bits per heavy atom. The summed E-state index contributed by atoms with van der Waals surface area (Å²) in [7, 11) is 1.62. The number of ether oxygens (including phenoxy) is 1. The number of hydrogen-bond acceptors (Lipinski definition) is 6. The molecule has 2 heterocycles. The average molecular weight is 278 g/mol. The average Bonchev–Trinajstić information content (AvgIpc) is 3.08. The topological polar surface area (TPSA) is 68.4 Å². The van der Waals surface area contributed by atoms with Crippen LogP contribution in [0.15, 0.2) is 28.8 Å². The normalized spacial score (nSPS) is 22.6. The number of hydrogen-bond donors (Lipinski definition) is 1. The van der Waals surface area contributed by atoms with E-state index in [4.69, 9.17) is 9.26 Å². The quantitative estimate of drug-likeness (QED) is 0.927. The molecule has 1 fully saturated rings. The number of nitrogens with zero attached hydrogens (tertiary/aromatic N) is 2. The Labute approximate surface area is 115 Å². The van der Waals surface area contributed by atoms with E-state index in [9.17, 15) is 5.11 Å². The lowest BCUT2D eigenvalue weighted by Gasteiger charge is -2.14. The van der Waals surface area contributed by atoms with Crippen molar-refractivity contribution in [1.82, 2.24) is 10.1 Å². The smallest absolute Gasteiger partial charge is 0.259 e. The first-order chi connectivity index (χ1) is 9.21. The molecule has 0 aliphatic carbocycles. The molecule has 0 spiro atoms. The van der Waals surface area contributed by atoms with Crippen molar-refractivity contribution in [2.24, 2.45) is 0 Å². The zero-order chi connectivity index (χ0) is 13.3. The first-order valence-corrected chi connectivity index (χ1v) is 7.15. The highest BCUT2D eigenvalue weighted by atomic mass is 32.2. The molecule has 6 heteroatoms. The molecule has 1 aromatic heterocycles. The summed E-state index contributed by atoms with van der Waals surface area (Å²) in [6.07, 6.45) is 0.655. The van der Waals surface area contributed by atoms with Crippen LogP contribution in [-0.2, 0) is 5.60 Å². The lowest BCUT2D eigenvalue weighted by atomic mass is 10.0. The number of methoxy groups -OCH3 is 1. The molecule has 100 valence electrons. The molecule has 19 heavy (non-hydrogen) atoms. The minimum atomic E-state index is -0.970. The second-order valence-corrected chi connectivity index (χ2v) is 5.59. The summed E-state index contributed by atoms with van der Waals surface area (Å²) in [6.45, 7) is 0. The predicted molar refractivity (Wildman–Crippen MR) is 72.1 cm³/mol. The van der Waals surface area contributed by atoms with Crippen LogP contribution < -0.4 is 4.74 Å². The Morgan fingerprint density at radius 1 is 1.37 bits per heavy atom. The second kappa shape index (κ2) is 4.86. The molecule has 1 N–H and O–H groups in total. The Kier molecular flexibility index (Phi) is 3.20. The summed E-state index contributed by atoms with van der Waals surface area (Å²) in [5.74, 6) is 3.10. The molecule has 1 aliphatic rings. The predicted octanol–water partition coefficient (Wildman–Crippen LogP) is 2.07. The van der Waals surface area contributed by atoms with E-state index in [2.05, 4.69) is 10.1 Å². The van der Waals surface area contributed by atoms with Gasteiger partial charge in [-0.1, -0.05) is 5.16 Å². The van der Waals surface area contributed by atoms with Crippen LogP contribution in [0, 0.1) is 0 Å². The molecule has 1 atom stereocenters. The molecular formula is C13H14N2O3S. The molecule has 5 nitrogen and oxygen atoms in total. The molecule has 0 bridgehead atoms. The third-order valence-corrected chi connectivity index (χ3v) is 4.35. The summed E-state index contributed by atoms with van der Waals surface area (Å²) < 4.78 is 10.3. The highest BCUT2D eigenvalue weighted by Gasteiger charge is 2.39. The van der Waals surface area contributed by atoms with E-state index in [1.54, 1.807) is 18.9 Å². The summed E-state index contributed by atoms with van der Waals surface area (Å²) in [4.78, 5) is 4.31. The number of aliphatic hydroxyl groups is 1. The van der Waals surface area contributed by atoms with Crippen LogP contribution in [0.4, 0.5) is 0 Å². The molecule has 3 rings (SSSR count). The standard InChI is InChI=1S/C13H14N2O3S/c1-17-10-4-2-9(3-5-10)11-14-12(18-15-11)13(16)6-7-19-8-13/h2-5,16H,6-8H2,1H3/t13-/m0/s1. The first-order valence-electron chi connectivity index (χ1n) is 6.00. The van der Waals surface area contributed by atoms with Gasteiger partial charge in [0.2, 0.25) is 5.82 Å². The largest absolute Gasteiger partial charge is 0.497 e. The fourth-order valence-corrected chi connectivity index (χ4v) is 3.22. The van der Waals surface area contributed by atoms with Crippen molar-refractivity contribution in [2.45, 2.75) is 12.0 Å². The molecule has 0 radical (unpaired) electrons. The van der Waals surface area contributed by atoms with Gasteiger partial charge in [0.25, 0.3) is 5.89 Å². The fraction of sp³-hybridized carbons (Fsp3) is 0.385. The van der Waals surface area contributed by atoms with E-state index < -0.39 is 5.60 Å². The summed E-state index contributed by atoms with van der Waals surface area (Å²) in [5.41, 5.74) is -0.132. The van der Waals surface area contributed by atoms with Gasteiger partial charge in [0.15, 0.2) is 5.60 Å². The number of benzene rings is 1. The van der Waals surface area contributed by atoms with Gasteiger partial charge in [-0.3, -0.25) is 0 Å². The van der Waals surface area contributed by atoms with Crippen molar-refractivity contribution in [3.8, 4) is 17.1 Å². The lowest BCUT2D eigenvalue weighted by molar-refractivity contribution is 0.0307. The van der Waals surface area contributed by atoms with E-state index >= 15 is 0 Å². The van der Waals surface area contributed by atoms with Crippen molar-refractivity contribution in [3.63, 3.8) is 0 Å². The van der Waals surface area contributed by atoms with Gasteiger partial charge in [-0.15, -0.1) is 0 Å². The van der Waals surface area contributed by atoms with Crippen molar-refractivity contribution < 1.29 is 14.4 Å². The highest BCUT2D eigenvalue weighted by molar-refractivity contribution is 7.99. The van der Waals surface area contributed by atoms with Crippen LogP contribution in [-0.4, -0.2) is 33.9 Å². The summed E-state index contributed by atoms with van der Waals surface area (Å²) in [6, 6.07) is 7.40. The molecule has 1 aliphatic heterocycles. The minimum absolute atomic E-state index is 0.309. The Balaban J connectivity index is 1.87. The first kappa shape index (κ1) is 12.5. The van der Waals surface area contributed by atoms with Crippen LogP contribution in [0.2, 0.25) is 0 Å². The van der Waals surface area contributed by atoms with Crippen molar-refractivity contribution >= 4 is 11.8 Å². The summed E-state index contributed by atoms with van der Waals surface area (Å²) >= 11 is 1.69. The van der Waals surface area contributed by atoms with Crippen molar-refractivity contribution in [1.29, 1.82) is 0 Å². The van der Waals surface area contributed by atoms with Gasteiger partial charge in [0.05, 0.1) is 7.11 Å². The zero-order valence-electron chi connectivity index (χ0n) is 10.5. The van der Waals surface area contributed by atoms with Crippen LogP contribution in [0.25, 0.3) is 11.4 Å². The zero-order valence-corrected chi connectivity index (χ0v) is 11.3. The van der Waals surface area contributed by atoms with Gasteiger partial charge in [0.1, 0.15) is 5.75 Å². The van der Waals surface area contributed by atoms with E-state index in [1.807, 2.05) is 24.3 Å². The molecular weight excluding hydrogens is 264 g/mol. The minimum Gasteiger partial charge on any atom is -0.497 e. The van der Waals surface area contributed by atoms with E-state index in [-0.39, 0.29) is 0 Å². The molecule has 0 amide bonds. The Hall–Kier alpha value is -1.53. The van der Waals surface area contributed by atoms with Gasteiger partial charge in [-0.2, -0.15) is 16.7 Å². The second-order valence-electron chi connectivity index (χ2n) is 4.49. The van der Waals surface area contributed by atoms with E-state index in [0.29, 0.717) is 23.9 Å². The SMILES string of the molecule is COc1ccc(-c2noc([C@]3(O)CCSC3)n2)cc1. The summed E-state index contributed by atoms with van der Waals surface area (Å²) in [5, 5.41) is 14.3. The van der Waals surface area contributed by atoms with Crippen LogP contribution >= 0.6 is 11.8 Å². The van der Waals surface area contributed by atoms with Crippen LogP contribution in [0.5, 0.6) is 5.75 Å².